The molecule has 104 valence electrons. The molecule has 3 rings (SSSR count). The molecule has 4 heteroatoms. The number of nitrogens with one attached hydrogen (secondary N) is 1. The Balaban J connectivity index is 1.71. The van der Waals surface area contributed by atoms with Gasteiger partial charge < -0.3 is 5.32 Å². The molecule has 0 saturated heterocycles. The molecule has 19 heavy (non-hydrogen) atoms. The number of rotatable bonds is 6. The second-order valence-electron chi connectivity index (χ2n) is 6.39. The van der Waals surface area contributed by atoms with Crippen molar-refractivity contribution in [1.29, 1.82) is 0 Å². The number of fused-ring (bicyclic) bond motifs is 1. The Morgan fingerprint density at radius 2 is 2.37 bits per heavy atom. The summed E-state index contributed by atoms with van der Waals surface area (Å²) in [7, 11) is 0. The molecule has 1 aliphatic carbocycles. The average molecular weight is 277 g/mol. The molecule has 0 aromatic carbocycles. The van der Waals surface area contributed by atoms with Crippen LogP contribution in [0.3, 0.4) is 0 Å². The molecular weight excluding hydrogens is 254 g/mol. The third kappa shape index (κ3) is 2.70. The second kappa shape index (κ2) is 4.91. The molecule has 2 unspecified atom stereocenters. The fraction of sp³-hybridized carbons (Fsp3) is 0.667. The second-order valence-corrected chi connectivity index (χ2v) is 7.26. The Hall–Kier alpha value is -0.870. The van der Waals surface area contributed by atoms with E-state index in [1.165, 1.54) is 18.5 Å². The number of hydrogen-bond acceptors (Lipinski definition) is 3. The molecule has 1 saturated carbocycles. The summed E-state index contributed by atoms with van der Waals surface area (Å²) in [5, 5.41) is 5.81. The number of aromatic nitrogens is 2. The van der Waals surface area contributed by atoms with Crippen LogP contribution in [0.15, 0.2) is 17.8 Å². The van der Waals surface area contributed by atoms with Crippen molar-refractivity contribution in [2.24, 2.45) is 11.3 Å². The molecule has 0 radical (unpaired) electrons. The molecular formula is C15H23N3S. The van der Waals surface area contributed by atoms with Crippen LogP contribution in [0.25, 0.3) is 4.96 Å². The summed E-state index contributed by atoms with van der Waals surface area (Å²) < 4.78 is 2.13. The summed E-state index contributed by atoms with van der Waals surface area (Å²) in [5.41, 5.74) is 1.74. The van der Waals surface area contributed by atoms with Gasteiger partial charge in [0.15, 0.2) is 4.96 Å². The largest absolute Gasteiger partial charge is 0.313 e. The number of nitrogens with zero attached hydrogens (tertiary/aromatic N) is 2. The van der Waals surface area contributed by atoms with E-state index in [-0.39, 0.29) is 0 Å². The topological polar surface area (TPSA) is 29.3 Å². The van der Waals surface area contributed by atoms with E-state index in [4.69, 9.17) is 4.98 Å². The van der Waals surface area contributed by atoms with Crippen molar-refractivity contribution in [1.82, 2.24) is 14.7 Å². The Labute approximate surface area is 119 Å². The summed E-state index contributed by atoms with van der Waals surface area (Å²) in [4.78, 5) is 5.83. The molecule has 1 N–H and O–H groups in total. The van der Waals surface area contributed by atoms with E-state index >= 15 is 0 Å². The number of hydrogen-bond donors (Lipinski definition) is 1. The van der Waals surface area contributed by atoms with E-state index in [1.54, 1.807) is 11.3 Å². The van der Waals surface area contributed by atoms with Crippen LogP contribution in [-0.2, 0) is 6.42 Å². The number of imidazole rings is 1. The van der Waals surface area contributed by atoms with Crippen LogP contribution in [0.5, 0.6) is 0 Å². The lowest BCUT2D eigenvalue weighted by Gasteiger charge is -2.19. The van der Waals surface area contributed by atoms with E-state index in [0.29, 0.717) is 11.5 Å². The first-order chi connectivity index (χ1) is 9.10. The van der Waals surface area contributed by atoms with Crippen molar-refractivity contribution >= 4 is 16.3 Å². The smallest absolute Gasteiger partial charge is 0.193 e. The third-order valence-electron chi connectivity index (χ3n) is 4.30. The van der Waals surface area contributed by atoms with Gasteiger partial charge in [-0.05, 0) is 30.7 Å². The van der Waals surface area contributed by atoms with Crippen molar-refractivity contribution in [2.45, 2.75) is 46.1 Å². The summed E-state index contributed by atoms with van der Waals surface area (Å²) >= 11 is 1.71. The Bertz CT molecular complexity index is 526. The molecule has 1 fully saturated rings. The van der Waals surface area contributed by atoms with Crippen LogP contribution in [0, 0.1) is 11.3 Å². The van der Waals surface area contributed by atoms with Gasteiger partial charge in [0.1, 0.15) is 0 Å². The number of thiazole rings is 1. The lowest BCUT2D eigenvalue weighted by atomic mass is 10.00. The molecule has 3 nitrogen and oxygen atoms in total. The third-order valence-corrected chi connectivity index (χ3v) is 5.07. The Morgan fingerprint density at radius 3 is 3.00 bits per heavy atom. The minimum atomic E-state index is 0.516. The standard InChI is InChI=1S/C15H23N3S/c1-4-5-16-13(12-9-15(12,2)3)8-11-10-18-6-7-19-14(18)17-11/h6-7,10,12-13,16H,4-5,8-9H2,1-3H3. The van der Waals surface area contributed by atoms with Gasteiger partial charge in [0, 0.05) is 30.2 Å². The molecule has 2 aromatic rings. The van der Waals surface area contributed by atoms with Gasteiger partial charge in [-0.2, -0.15) is 0 Å². The van der Waals surface area contributed by atoms with E-state index in [9.17, 15) is 0 Å². The molecule has 1 aliphatic rings. The van der Waals surface area contributed by atoms with Gasteiger partial charge in [-0.25, -0.2) is 4.98 Å². The monoisotopic (exact) mass is 277 g/mol. The molecule has 0 amide bonds. The summed E-state index contributed by atoms with van der Waals surface area (Å²) in [6.07, 6.45) is 7.87. The minimum Gasteiger partial charge on any atom is -0.313 e. The van der Waals surface area contributed by atoms with Gasteiger partial charge in [0.05, 0.1) is 5.69 Å². The zero-order valence-electron chi connectivity index (χ0n) is 12.0. The van der Waals surface area contributed by atoms with E-state index in [1.807, 2.05) is 0 Å². The molecule has 0 aliphatic heterocycles. The van der Waals surface area contributed by atoms with Crippen LogP contribution >= 0.6 is 11.3 Å². The predicted octanol–water partition coefficient (Wildman–Crippen LogP) is 3.35. The highest BCUT2D eigenvalue weighted by Crippen LogP contribution is 2.54. The van der Waals surface area contributed by atoms with Gasteiger partial charge >= 0.3 is 0 Å². The Kier molecular flexibility index (Phi) is 3.39. The van der Waals surface area contributed by atoms with E-state index in [0.717, 1.165) is 23.8 Å². The first-order valence-corrected chi connectivity index (χ1v) is 8.12. The quantitative estimate of drug-likeness (QED) is 0.877. The zero-order chi connectivity index (χ0) is 13.5. The maximum absolute atomic E-state index is 4.72. The van der Waals surface area contributed by atoms with Crippen LogP contribution in [0.2, 0.25) is 0 Å². The molecule has 0 spiro atoms. The molecule has 2 heterocycles. The van der Waals surface area contributed by atoms with Gasteiger partial charge in [-0.3, -0.25) is 4.40 Å². The van der Waals surface area contributed by atoms with E-state index in [2.05, 4.69) is 48.3 Å². The normalized spacial score (nSPS) is 22.8. The first-order valence-electron chi connectivity index (χ1n) is 7.24. The fourth-order valence-corrected chi connectivity index (χ4v) is 3.70. The predicted molar refractivity (Wildman–Crippen MR) is 80.7 cm³/mol. The molecule has 0 bridgehead atoms. The fourth-order valence-electron chi connectivity index (χ4n) is 2.98. The van der Waals surface area contributed by atoms with Crippen molar-refractivity contribution in [3.05, 3.63) is 23.5 Å². The van der Waals surface area contributed by atoms with Crippen molar-refractivity contribution in [2.75, 3.05) is 6.54 Å². The Morgan fingerprint density at radius 1 is 1.58 bits per heavy atom. The van der Waals surface area contributed by atoms with Gasteiger partial charge in [0.25, 0.3) is 0 Å². The average Bonchev–Trinajstić information content (AvgIpc) is 2.72. The van der Waals surface area contributed by atoms with Gasteiger partial charge in [-0.15, -0.1) is 11.3 Å². The van der Waals surface area contributed by atoms with Crippen molar-refractivity contribution in [3.8, 4) is 0 Å². The van der Waals surface area contributed by atoms with Crippen LogP contribution in [0.4, 0.5) is 0 Å². The highest BCUT2D eigenvalue weighted by atomic mass is 32.1. The first kappa shape index (κ1) is 13.1. The van der Waals surface area contributed by atoms with Crippen molar-refractivity contribution in [3.63, 3.8) is 0 Å². The van der Waals surface area contributed by atoms with Crippen LogP contribution in [0.1, 0.15) is 39.3 Å². The van der Waals surface area contributed by atoms with E-state index < -0.39 is 0 Å². The van der Waals surface area contributed by atoms with Gasteiger partial charge in [-0.1, -0.05) is 20.8 Å². The molecule has 2 atom stereocenters. The van der Waals surface area contributed by atoms with Crippen LogP contribution in [-0.4, -0.2) is 22.0 Å². The summed E-state index contributed by atoms with van der Waals surface area (Å²) in [6.45, 7) is 8.10. The van der Waals surface area contributed by atoms with Crippen LogP contribution < -0.4 is 5.32 Å². The zero-order valence-corrected chi connectivity index (χ0v) is 12.8. The highest BCUT2D eigenvalue weighted by Gasteiger charge is 2.49. The lowest BCUT2D eigenvalue weighted by Crippen LogP contribution is -2.35. The summed E-state index contributed by atoms with van der Waals surface area (Å²) in [5.74, 6) is 0.804. The minimum absolute atomic E-state index is 0.516. The molecule has 2 aromatic heterocycles. The SMILES string of the molecule is CCCNC(Cc1cn2ccsc2n1)C1CC1(C)C. The lowest BCUT2D eigenvalue weighted by molar-refractivity contribution is 0.400. The van der Waals surface area contributed by atoms with Gasteiger partial charge in [0.2, 0.25) is 0 Å². The maximum atomic E-state index is 4.72. The maximum Gasteiger partial charge on any atom is 0.193 e. The van der Waals surface area contributed by atoms with Crippen molar-refractivity contribution < 1.29 is 0 Å². The summed E-state index contributed by atoms with van der Waals surface area (Å²) in [6, 6.07) is 0.583. The highest BCUT2D eigenvalue weighted by molar-refractivity contribution is 7.15.